The van der Waals surface area contributed by atoms with E-state index in [1.807, 2.05) is 13.0 Å². The molecule has 1 heteroatoms. The largest absolute Gasteiger partial charge is 0.496 e. The number of hydrogen-bond donors (Lipinski definition) is 0. The molecule has 22 heavy (non-hydrogen) atoms. The van der Waals surface area contributed by atoms with Crippen LogP contribution in [0.3, 0.4) is 0 Å². The van der Waals surface area contributed by atoms with Crippen molar-refractivity contribution in [2.45, 2.75) is 34.6 Å². The molecule has 0 unspecified atom stereocenters. The van der Waals surface area contributed by atoms with E-state index >= 15 is 0 Å². The second kappa shape index (κ2) is 8.43. The van der Waals surface area contributed by atoms with Crippen LogP contribution in [-0.4, -0.2) is 7.11 Å². The Morgan fingerprint density at radius 2 is 1.73 bits per heavy atom. The first-order valence-electron chi connectivity index (χ1n) is 7.54. The molecule has 0 aliphatic heterocycles. The van der Waals surface area contributed by atoms with Gasteiger partial charge in [0.25, 0.3) is 0 Å². The number of hydrogen-bond acceptors (Lipinski definition) is 1. The van der Waals surface area contributed by atoms with Crippen molar-refractivity contribution in [1.82, 2.24) is 0 Å². The minimum absolute atomic E-state index is 0.956. The lowest BCUT2D eigenvalue weighted by atomic mass is 9.96. The highest BCUT2D eigenvalue weighted by atomic mass is 16.5. The van der Waals surface area contributed by atoms with Gasteiger partial charge >= 0.3 is 0 Å². The summed E-state index contributed by atoms with van der Waals surface area (Å²) in [6.07, 6.45) is 12.4. The van der Waals surface area contributed by atoms with Gasteiger partial charge in [-0.3, -0.25) is 0 Å². The summed E-state index contributed by atoms with van der Waals surface area (Å²) in [6, 6.07) is 2.10. The van der Waals surface area contributed by atoms with Crippen LogP contribution in [0, 0.1) is 27.7 Å². The van der Waals surface area contributed by atoms with Crippen molar-refractivity contribution in [3.63, 3.8) is 0 Å². The summed E-state index contributed by atoms with van der Waals surface area (Å²) in [5.41, 5.74) is 7.34. The zero-order valence-electron chi connectivity index (χ0n) is 14.7. The molecule has 0 heterocycles. The third-order valence-electron chi connectivity index (χ3n) is 3.88. The molecule has 0 bridgehead atoms. The summed E-state index contributed by atoms with van der Waals surface area (Å²) in [4.78, 5) is 0. The van der Waals surface area contributed by atoms with E-state index in [1.54, 1.807) is 7.11 Å². The van der Waals surface area contributed by atoms with E-state index in [0.717, 1.165) is 11.3 Å². The van der Waals surface area contributed by atoms with Gasteiger partial charge in [0.15, 0.2) is 0 Å². The van der Waals surface area contributed by atoms with Gasteiger partial charge in [-0.15, -0.1) is 0 Å². The molecule has 0 aromatic heterocycles. The van der Waals surface area contributed by atoms with Crippen LogP contribution < -0.4 is 4.74 Å². The topological polar surface area (TPSA) is 9.23 Å². The minimum atomic E-state index is 0.956. The van der Waals surface area contributed by atoms with Crippen LogP contribution in [0.5, 0.6) is 5.75 Å². The molecular formula is C21H27O. The maximum atomic E-state index is 5.42. The maximum absolute atomic E-state index is 5.42. The molecule has 1 nitrogen and oxygen atoms in total. The van der Waals surface area contributed by atoms with Crippen LogP contribution in [0.1, 0.15) is 36.1 Å². The van der Waals surface area contributed by atoms with Gasteiger partial charge < -0.3 is 4.74 Å². The Morgan fingerprint density at radius 3 is 2.32 bits per heavy atom. The zero-order valence-corrected chi connectivity index (χ0v) is 14.7. The number of aryl methyl sites for hydroxylation is 1. The van der Waals surface area contributed by atoms with Gasteiger partial charge in [0, 0.05) is 0 Å². The quantitative estimate of drug-likeness (QED) is 0.613. The molecule has 117 valence electrons. The predicted octanol–water partition coefficient (Wildman–Crippen LogP) is 5.92. The predicted molar refractivity (Wildman–Crippen MR) is 98.3 cm³/mol. The fourth-order valence-electron chi connectivity index (χ4n) is 2.22. The van der Waals surface area contributed by atoms with Gasteiger partial charge in [0.05, 0.1) is 7.11 Å². The summed E-state index contributed by atoms with van der Waals surface area (Å²) >= 11 is 0. The maximum Gasteiger partial charge on any atom is 0.122 e. The van der Waals surface area contributed by atoms with Crippen LogP contribution >= 0.6 is 0 Å². The number of rotatable bonds is 5. The second-order valence-corrected chi connectivity index (χ2v) is 5.61. The summed E-state index contributed by atoms with van der Waals surface area (Å²) in [5.74, 6) is 0.956. The second-order valence-electron chi connectivity index (χ2n) is 5.61. The molecule has 0 N–H and O–H groups in total. The molecule has 0 amide bonds. The van der Waals surface area contributed by atoms with Crippen molar-refractivity contribution in [3.05, 3.63) is 76.8 Å². The SMILES string of the molecule is [CH2]/C=C(C)/C=C/C=C(C)/C=C/c1c(C)cc(OC)c(C)c1C. The number of ether oxygens (including phenoxy) is 1. The van der Waals surface area contributed by atoms with Gasteiger partial charge in [-0.05, 0) is 69.9 Å². The molecule has 0 aliphatic rings. The summed E-state index contributed by atoms with van der Waals surface area (Å²) in [5, 5.41) is 0. The Balaban J connectivity index is 3.02. The third-order valence-corrected chi connectivity index (χ3v) is 3.88. The number of methoxy groups -OCH3 is 1. The van der Waals surface area contributed by atoms with Crippen LogP contribution in [0.2, 0.25) is 0 Å². The lowest BCUT2D eigenvalue weighted by molar-refractivity contribution is 0.411. The fourth-order valence-corrected chi connectivity index (χ4v) is 2.22. The first kappa shape index (κ1) is 18.0. The smallest absolute Gasteiger partial charge is 0.122 e. The van der Waals surface area contributed by atoms with Crippen molar-refractivity contribution < 1.29 is 4.74 Å². The lowest BCUT2D eigenvalue weighted by Gasteiger charge is -2.13. The Morgan fingerprint density at radius 1 is 1.05 bits per heavy atom. The average Bonchev–Trinajstić information content (AvgIpc) is 2.50. The van der Waals surface area contributed by atoms with Crippen LogP contribution in [0.25, 0.3) is 6.08 Å². The summed E-state index contributed by atoms with van der Waals surface area (Å²) in [7, 11) is 1.72. The molecule has 1 rings (SSSR count). The highest BCUT2D eigenvalue weighted by Crippen LogP contribution is 2.28. The van der Waals surface area contributed by atoms with E-state index in [4.69, 9.17) is 4.74 Å². The van der Waals surface area contributed by atoms with Crippen LogP contribution in [-0.2, 0) is 0 Å². The van der Waals surface area contributed by atoms with E-state index in [1.165, 1.54) is 27.8 Å². The fraction of sp³-hybridized carbons (Fsp3) is 0.286. The highest BCUT2D eigenvalue weighted by molar-refractivity contribution is 5.64. The number of benzene rings is 1. The molecule has 0 saturated heterocycles. The van der Waals surface area contributed by atoms with Gasteiger partial charge in [-0.2, -0.15) is 0 Å². The molecule has 0 spiro atoms. The molecule has 1 radical (unpaired) electrons. The van der Waals surface area contributed by atoms with Crippen LogP contribution in [0.4, 0.5) is 0 Å². The number of allylic oxidation sites excluding steroid dienone is 7. The van der Waals surface area contributed by atoms with Crippen LogP contribution in [0.15, 0.2) is 47.6 Å². The Bertz CT molecular complexity index is 640. The molecule has 0 aliphatic carbocycles. The van der Waals surface area contributed by atoms with Crippen molar-refractivity contribution in [2.24, 2.45) is 0 Å². The minimum Gasteiger partial charge on any atom is -0.496 e. The van der Waals surface area contributed by atoms with E-state index in [0.29, 0.717) is 0 Å². The van der Waals surface area contributed by atoms with E-state index in [9.17, 15) is 0 Å². The molecule has 1 aromatic rings. The molecule has 1 aromatic carbocycles. The first-order valence-corrected chi connectivity index (χ1v) is 7.54. The molecule has 0 fully saturated rings. The molecule has 0 atom stereocenters. The van der Waals surface area contributed by atoms with Crippen molar-refractivity contribution >= 4 is 6.08 Å². The Kier molecular flexibility index (Phi) is 6.91. The standard InChI is InChI=1S/C21H27O/c1-8-15(2)10-9-11-16(3)12-13-20-17(4)14-21(22-7)19(6)18(20)5/h8-14H,1H2,2-7H3/b10-9+,13-12+,15-8+,16-11+. The monoisotopic (exact) mass is 295 g/mol. The van der Waals surface area contributed by atoms with E-state index < -0.39 is 0 Å². The average molecular weight is 295 g/mol. The van der Waals surface area contributed by atoms with E-state index in [2.05, 4.69) is 71.1 Å². The third kappa shape index (κ3) is 4.77. The zero-order chi connectivity index (χ0) is 16.7. The van der Waals surface area contributed by atoms with Gasteiger partial charge in [0.1, 0.15) is 5.75 Å². The summed E-state index contributed by atoms with van der Waals surface area (Å²) < 4.78 is 5.42. The van der Waals surface area contributed by atoms with E-state index in [-0.39, 0.29) is 0 Å². The highest BCUT2D eigenvalue weighted by Gasteiger charge is 2.08. The molecule has 0 saturated carbocycles. The van der Waals surface area contributed by atoms with Crippen molar-refractivity contribution in [2.75, 3.05) is 7.11 Å². The first-order chi connectivity index (χ1) is 10.4. The molecular weight excluding hydrogens is 268 g/mol. The Labute approximate surface area is 135 Å². The van der Waals surface area contributed by atoms with Crippen molar-refractivity contribution in [1.29, 1.82) is 0 Å². The normalized spacial score (nSPS) is 13.4. The lowest BCUT2D eigenvalue weighted by Crippen LogP contribution is -1.95. The van der Waals surface area contributed by atoms with Crippen molar-refractivity contribution in [3.8, 4) is 5.75 Å². The van der Waals surface area contributed by atoms with Gasteiger partial charge in [-0.1, -0.05) is 47.6 Å². The Hall–Kier alpha value is -2.02. The van der Waals surface area contributed by atoms with Gasteiger partial charge in [-0.25, -0.2) is 0 Å². The van der Waals surface area contributed by atoms with Gasteiger partial charge in [0.2, 0.25) is 0 Å². The summed E-state index contributed by atoms with van der Waals surface area (Å²) in [6.45, 7) is 14.2.